The Labute approximate surface area is 227 Å². The summed E-state index contributed by atoms with van der Waals surface area (Å²) in [6, 6.07) is 0. The molecule has 0 amide bonds. The van der Waals surface area contributed by atoms with Gasteiger partial charge >= 0.3 is 17.2 Å². The zero-order valence-electron chi connectivity index (χ0n) is 14.5. The molecule has 0 radical (unpaired) electrons. The summed E-state index contributed by atoms with van der Waals surface area (Å²) in [5, 5.41) is -5.22. The van der Waals surface area contributed by atoms with Crippen LogP contribution in [0.2, 0.25) is 0 Å². The lowest BCUT2D eigenvalue weighted by molar-refractivity contribution is -0.192. The molecule has 0 aliphatic carbocycles. The highest BCUT2D eigenvalue weighted by Crippen LogP contribution is 2.51. The lowest BCUT2D eigenvalue weighted by Crippen LogP contribution is -2.55. The summed E-state index contributed by atoms with van der Waals surface area (Å²) in [6.45, 7) is 0. The van der Waals surface area contributed by atoms with Crippen LogP contribution in [0.25, 0.3) is 0 Å². The molecule has 4 atom stereocenters. The van der Waals surface area contributed by atoms with E-state index in [0.717, 1.165) is 7.14 Å². The largest absolute Gasteiger partial charge is 0.743 e. The average Bonchev–Trinajstić information content (AvgIpc) is 3.20. The number of ether oxygens (including phenoxy) is 4. The van der Waals surface area contributed by atoms with Gasteiger partial charge in [0.1, 0.15) is 23.9 Å². The molecule has 1 aromatic rings. The van der Waals surface area contributed by atoms with Crippen LogP contribution in [0.3, 0.4) is 0 Å². The van der Waals surface area contributed by atoms with Crippen molar-refractivity contribution in [2.75, 3.05) is 0 Å². The van der Waals surface area contributed by atoms with Crippen molar-refractivity contribution in [3.05, 3.63) is 19.8 Å². The minimum absolute atomic E-state index is 0.133. The van der Waals surface area contributed by atoms with Gasteiger partial charge in [-0.15, -0.1) is 0 Å². The lowest BCUT2D eigenvalue weighted by Gasteiger charge is -2.40. The highest BCUT2D eigenvalue weighted by molar-refractivity contribution is 14.1. The normalized spacial score (nSPS) is 29.5. The van der Waals surface area contributed by atoms with E-state index < -0.39 is 51.4 Å². The van der Waals surface area contributed by atoms with Crippen molar-refractivity contribution in [2.24, 2.45) is 0 Å². The first-order chi connectivity index (χ1) is 14.2. The van der Waals surface area contributed by atoms with E-state index in [1.54, 1.807) is 0 Å². The summed E-state index contributed by atoms with van der Waals surface area (Å²) >= 11 is 8.31. The maximum absolute atomic E-state index is 13.4. The average molecular weight is 909 g/mol. The fraction of sp³-hybridized carbons (Fsp3) is 0.467. The van der Waals surface area contributed by atoms with Crippen LogP contribution >= 0.6 is 90.4 Å². The van der Waals surface area contributed by atoms with Crippen molar-refractivity contribution in [1.29, 1.82) is 0 Å². The third-order valence-corrected chi connectivity index (χ3v) is 13.1. The quantitative estimate of drug-likeness (QED) is 0.148. The first-order valence-corrected chi connectivity index (χ1v) is 13.9. The molecule has 9 nitrogen and oxygen atoms in total. The summed E-state index contributed by atoms with van der Waals surface area (Å²) < 4.78 is 83.6. The molecule has 3 aliphatic heterocycles. The Kier molecular flexibility index (Phi) is 6.45. The van der Waals surface area contributed by atoms with Crippen molar-refractivity contribution in [3.8, 4) is 5.75 Å². The lowest BCUT2D eigenvalue weighted by atomic mass is 9.90. The predicted octanol–water partition coefficient (Wildman–Crippen LogP) is 2.96. The number of alkyl halides is 2. The minimum Gasteiger partial charge on any atom is -0.743 e. The Morgan fingerprint density at radius 1 is 1.13 bits per heavy atom. The third kappa shape index (κ3) is 3.86. The van der Waals surface area contributed by atoms with E-state index in [2.05, 4.69) is 49.9 Å². The standard InChI is InChI=1S/C15H8F2I4O9S/c16-15(17,31(24,25)26)13(23)28-3-1-5-14(2-4(3)27-5)29-11-6(12(22)30-14)7(18)8(19)9(20)10(11)21/h3-5H,1-2H2,(H,24,25,26)/p-1. The van der Waals surface area contributed by atoms with Crippen LogP contribution < -0.4 is 4.74 Å². The van der Waals surface area contributed by atoms with E-state index in [4.69, 9.17) is 14.2 Å². The summed E-state index contributed by atoms with van der Waals surface area (Å²) in [5.41, 5.74) is 0.270. The molecular weight excluding hydrogens is 902 g/mol. The van der Waals surface area contributed by atoms with Crippen LogP contribution in [-0.4, -0.2) is 54.3 Å². The predicted molar refractivity (Wildman–Crippen MR) is 129 cm³/mol. The summed E-state index contributed by atoms with van der Waals surface area (Å²) in [7, 11) is -6.24. The number of benzene rings is 1. The number of hydrogen-bond donors (Lipinski definition) is 0. The maximum atomic E-state index is 13.4. The first-order valence-electron chi connectivity index (χ1n) is 8.17. The SMILES string of the molecule is O=C1OC2(CC3OC2CC3OC(=O)C(F)(F)S(=O)(=O)[O-])Oc2c(I)c(I)c(I)c(I)c21. The number of hydrogen-bond acceptors (Lipinski definition) is 9. The van der Waals surface area contributed by atoms with Crippen molar-refractivity contribution in [2.45, 2.75) is 42.2 Å². The summed E-state index contributed by atoms with van der Waals surface area (Å²) in [6.07, 6.45) is -3.52. The van der Waals surface area contributed by atoms with Crippen molar-refractivity contribution in [3.63, 3.8) is 0 Å². The van der Waals surface area contributed by atoms with Crippen LogP contribution in [-0.2, 0) is 29.1 Å². The van der Waals surface area contributed by atoms with Crippen LogP contribution in [0.15, 0.2) is 0 Å². The molecule has 0 N–H and O–H groups in total. The molecule has 2 saturated heterocycles. The number of fused-ring (bicyclic) bond motifs is 4. The Morgan fingerprint density at radius 2 is 1.74 bits per heavy atom. The van der Waals surface area contributed by atoms with Gasteiger partial charge < -0.3 is 23.5 Å². The van der Waals surface area contributed by atoms with E-state index in [9.17, 15) is 31.3 Å². The second kappa shape index (κ2) is 8.09. The van der Waals surface area contributed by atoms with Gasteiger partial charge in [0.05, 0.1) is 9.99 Å². The Morgan fingerprint density at radius 3 is 2.29 bits per heavy atom. The fourth-order valence-corrected chi connectivity index (χ4v) is 7.25. The maximum Gasteiger partial charge on any atom is 0.428 e. The molecule has 1 aromatic carbocycles. The second-order valence-corrected chi connectivity index (χ2v) is 12.5. The Hall–Kier alpha value is 0.610. The molecule has 2 fully saturated rings. The van der Waals surface area contributed by atoms with Gasteiger partial charge in [-0.3, -0.25) is 0 Å². The van der Waals surface area contributed by atoms with Crippen LogP contribution in [0, 0.1) is 14.3 Å². The van der Waals surface area contributed by atoms with Gasteiger partial charge in [0, 0.05) is 17.1 Å². The zero-order chi connectivity index (χ0) is 23.1. The molecule has 3 aliphatic rings. The molecule has 16 heteroatoms. The Bertz CT molecular complexity index is 1130. The molecule has 170 valence electrons. The molecule has 3 heterocycles. The smallest absolute Gasteiger partial charge is 0.428 e. The molecule has 2 bridgehead atoms. The number of halogens is 6. The molecule has 0 aromatic heterocycles. The fourth-order valence-electron chi connectivity index (χ4n) is 3.53. The van der Waals surface area contributed by atoms with Crippen LogP contribution in [0.5, 0.6) is 5.75 Å². The van der Waals surface area contributed by atoms with Gasteiger partial charge in [0.2, 0.25) is 0 Å². The van der Waals surface area contributed by atoms with E-state index in [1.807, 2.05) is 45.2 Å². The van der Waals surface area contributed by atoms with E-state index in [1.165, 1.54) is 0 Å². The molecule has 31 heavy (non-hydrogen) atoms. The van der Waals surface area contributed by atoms with E-state index in [0.29, 0.717) is 12.9 Å². The second-order valence-electron chi connectivity index (χ2n) is 6.78. The summed E-state index contributed by atoms with van der Waals surface area (Å²) in [5.74, 6) is -4.33. The molecule has 4 rings (SSSR count). The van der Waals surface area contributed by atoms with Gasteiger partial charge in [-0.05, 0) is 90.4 Å². The highest BCUT2D eigenvalue weighted by Gasteiger charge is 2.65. The monoisotopic (exact) mass is 909 g/mol. The van der Waals surface area contributed by atoms with Gasteiger partial charge in [-0.2, -0.15) is 8.78 Å². The van der Waals surface area contributed by atoms with Gasteiger partial charge in [-0.25, -0.2) is 18.0 Å². The topological polar surface area (TPSA) is 128 Å². The Balaban J connectivity index is 1.57. The van der Waals surface area contributed by atoms with E-state index in [-0.39, 0.29) is 18.4 Å². The number of carbonyl (C=O) groups excluding carboxylic acids is 2. The minimum atomic E-state index is -6.24. The number of rotatable bonds is 3. The van der Waals surface area contributed by atoms with Gasteiger partial charge in [0.15, 0.2) is 15.9 Å². The van der Waals surface area contributed by atoms with Crippen molar-refractivity contribution in [1.82, 2.24) is 0 Å². The highest BCUT2D eigenvalue weighted by atomic mass is 127. The number of carbonyl (C=O) groups is 2. The number of esters is 2. The molecule has 0 saturated carbocycles. The third-order valence-electron chi connectivity index (χ3n) is 4.95. The molecule has 1 spiro atoms. The van der Waals surface area contributed by atoms with Crippen molar-refractivity contribution < 1.29 is 50.3 Å². The van der Waals surface area contributed by atoms with Gasteiger partial charge in [-0.1, -0.05) is 0 Å². The van der Waals surface area contributed by atoms with Crippen LogP contribution in [0.1, 0.15) is 23.2 Å². The molecular formula is C15H7F2I4O9S-. The van der Waals surface area contributed by atoms with Crippen molar-refractivity contribution >= 4 is 112 Å². The zero-order valence-corrected chi connectivity index (χ0v) is 23.9. The molecule has 4 unspecified atom stereocenters. The van der Waals surface area contributed by atoms with E-state index >= 15 is 0 Å². The first kappa shape index (κ1) is 24.7. The van der Waals surface area contributed by atoms with Gasteiger partial charge in [0.25, 0.3) is 5.79 Å². The summed E-state index contributed by atoms with van der Waals surface area (Å²) in [4.78, 5) is 24.4. The van der Waals surface area contributed by atoms with Crippen LogP contribution in [0.4, 0.5) is 8.78 Å².